The predicted molar refractivity (Wildman–Crippen MR) is 91.1 cm³/mol. The number of carbonyl (C=O) groups excluding carboxylic acids is 3. The third-order valence-corrected chi connectivity index (χ3v) is 4.30. The summed E-state index contributed by atoms with van der Waals surface area (Å²) in [6.45, 7) is 0. The second-order valence-corrected chi connectivity index (χ2v) is 6.21. The van der Waals surface area contributed by atoms with Crippen LogP contribution in [-0.4, -0.2) is 30.9 Å². The molecule has 0 atom stereocenters. The van der Waals surface area contributed by atoms with E-state index in [0.29, 0.717) is 16.3 Å². The molecule has 2 amide bonds. The fraction of sp³-hybridized carbons (Fsp3) is 0.471. The summed E-state index contributed by atoms with van der Waals surface area (Å²) in [6.07, 6.45) is 4.99. The number of anilines is 1. The minimum absolute atomic E-state index is 0.167. The van der Waals surface area contributed by atoms with E-state index in [2.05, 4.69) is 15.4 Å². The van der Waals surface area contributed by atoms with E-state index < -0.39 is 11.9 Å². The van der Waals surface area contributed by atoms with Crippen LogP contribution in [-0.2, 0) is 14.3 Å². The quantitative estimate of drug-likeness (QED) is 0.630. The molecule has 1 fully saturated rings. The molecule has 1 aromatic rings. The van der Waals surface area contributed by atoms with Gasteiger partial charge >= 0.3 is 5.97 Å². The lowest BCUT2D eigenvalue weighted by molar-refractivity contribution is -0.142. The zero-order valence-electron chi connectivity index (χ0n) is 13.6. The lowest BCUT2D eigenvalue weighted by Gasteiger charge is -2.23. The summed E-state index contributed by atoms with van der Waals surface area (Å²) < 4.78 is 4.44. The summed E-state index contributed by atoms with van der Waals surface area (Å²) in [4.78, 5) is 35.2. The molecule has 24 heavy (non-hydrogen) atoms. The largest absolute Gasteiger partial charge is 0.469 e. The summed E-state index contributed by atoms with van der Waals surface area (Å²) in [5, 5.41) is 5.86. The van der Waals surface area contributed by atoms with Gasteiger partial charge in [0, 0.05) is 11.7 Å². The molecule has 0 heterocycles. The molecule has 2 rings (SSSR count). The number of hydrogen-bond acceptors (Lipinski definition) is 4. The van der Waals surface area contributed by atoms with Gasteiger partial charge in [-0.15, -0.1) is 0 Å². The Balaban J connectivity index is 2.03. The van der Waals surface area contributed by atoms with Crippen molar-refractivity contribution in [3.63, 3.8) is 0 Å². The van der Waals surface area contributed by atoms with Crippen LogP contribution in [0, 0.1) is 0 Å². The van der Waals surface area contributed by atoms with Crippen molar-refractivity contribution in [1.29, 1.82) is 0 Å². The van der Waals surface area contributed by atoms with Crippen LogP contribution in [0.1, 0.15) is 48.9 Å². The van der Waals surface area contributed by atoms with Gasteiger partial charge in [0.15, 0.2) is 0 Å². The van der Waals surface area contributed by atoms with E-state index in [1.807, 2.05) is 0 Å². The predicted octanol–water partition coefficient (Wildman–Crippen LogP) is 2.90. The number of benzene rings is 1. The van der Waals surface area contributed by atoms with Crippen molar-refractivity contribution in [3.05, 3.63) is 28.8 Å². The average Bonchev–Trinajstić information content (AvgIpc) is 2.57. The molecule has 0 saturated heterocycles. The van der Waals surface area contributed by atoms with Crippen molar-refractivity contribution in [3.8, 4) is 0 Å². The summed E-state index contributed by atoms with van der Waals surface area (Å²) in [7, 11) is 1.21. The van der Waals surface area contributed by atoms with Gasteiger partial charge in [-0.05, 0) is 31.0 Å². The molecule has 1 saturated carbocycles. The van der Waals surface area contributed by atoms with Crippen molar-refractivity contribution in [2.24, 2.45) is 0 Å². The van der Waals surface area contributed by atoms with E-state index >= 15 is 0 Å². The molecule has 1 aromatic carbocycles. The fourth-order valence-electron chi connectivity index (χ4n) is 2.70. The number of ether oxygens (including phenoxy) is 1. The highest BCUT2D eigenvalue weighted by Gasteiger charge is 2.19. The molecule has 6 nitrogen and oxygen atoms in total. The first-order valence-electron chi connectivity index (χ1n) is 7.96. The van der Waals surface area contributed by atoms with Crippen LogP contribution in [0.3, 0.4) is 0 Å². The van der Waals surface area contributed by atoms with Gasteiger partial charge in [0.25, 0.3) is 5.91 Å². The van der Waals surface area contributed by atoms with Gasteiger partial charge in [-0.3, -0.25) is 14.4 Å². The molecule has 0 unspecified atom stereocenters. The Morgan fingerprint density at radius 1 is 1.21 bits per heavy atom. The van der Waals surface area contributed by atoms with Crippen LogP contribution in [0.25, 0.3) is 0 Å². The SMILES string of the molecule is COC(=O)CC(=O)Nc1ccc(Cl)c(C(=O)NC2CCCCC2)c1. The van der Waals surface area contributed by atoms with Crippen molar-refractivity contribution >= 4 is 35.1 Å². The summed E-state index contributed by atoms with van der Waals surface area (Å²) >= 11 is 6.10. The zero-order chi connectivity index (χ0) is 17.5. The summed E-state index contributed by atoms with van der Waals surface area (Å²) in [5.41, 5.74) is 0.709. The average molecular weight is 353 g/mol. The van der Waals surface area contributed by atoms with Gasteiger partial charge in [-0.2, -0.15) is 0 Å². The van der Waals surface area contributed by atoms with Crippen LogP contribution in [0.5, 0.6) is 0 Å². The standard InChI is InChI=1S/C17H21ClN2O4/c1-24-16(22)10-15(21)19-12-7-8-14(18)13(9-12)17(23)20-11-5-3-2-4-6-11/h7-9,11H,2-6,10H2,1H3,(H,19,21)(H,20,23). The first-order chi connectivity index (χ1) is 11.5. The maximum Gasteiger partial charge on any atom is 0.315 e. The number of amides is 2. The highest BCUT2D eigenvalue weighted by Crippen LogP contribution is 2.23. The maximum absolute atomic E-state index is 12.4. The smallest absolute Gasteiger partial charge is 0.315 e. The van der Waals surface area contributed by atoms with Crippen LogP contribution in [0.4, 0.5) is 5.69 Å². The molecule has 130 valence electrons. The molecular weight excluding hydrogens is 332 g/mol. The minimum Gasteiger partial charge on any atom is -0.469 e. The third-order valence-electron chi connectivity index (χ3n) is 3.97. The lowest BCUT2D eigenvalue weighted by atomic mass is 9.95. The normalized spacial score (nSPS) is 14.8. The van der Waals surface area contributed by atoms with Crippen molar-refractivity contribution in [2.45, 2.75) is 44.6 Å². The Labute approximate surface area is 145 Å². The van der Waals surface area contributed by atoms with Crippen LogP contribution in [0.2, 0.25) is 5.02 Å². The van der Waals surface area contributed by atoms with Crippen LogP contribution in [0.15, 0.2) is 18.2 Å². The second-order valence-electron chi connectivity index (χ2n) is 5.80. The van der Waals surface area contributed by atoms with Gasteiger partial charge in [0.2, 0.25) is 5.91 Å². The highest BCUT2D eigenvalue weighted by molar-refractivity contribution is 6.34. The number of rotatable bonds is 5. The number of carbonyl (C=O) groups is 3. The van der Waals surface area contributed by atoms with Gasteiger partial charge in [-0.25, -0.2) is 0 Å². The molecule has 0 aliphatic heterocycles. The molecule has 2 N–H and O–H groups in total. The first-order valence-corrected chi connectivity index (χ1v) is 8.34. The van der Waals surface area contributed by atoms with Gasteiger partial charge < -0.3 is 15.4 Å². The first kappa shape index (κ1) is 18.3. The minimum atomic E-state index is -0.628. The Morgan fingerprint density at radius 3 is 2.58 bits per heavy atom. The van der Waals surface area contributed by atoms with Crippen molar-refractivity contribution in [1.82, 2.24) is 5.32 Å². The molecule has 0 aromatic heterocycles. The van der Waals surface area contributed by atoms with E-state index in [9.17, 15) is 14.4 Å². The highest BCUT2D eigenvalue weighted by atomic mass is 35.5. The van der Waals surface area contributed by atoms with Crippen LogP contribution < -0.4 is 10.6 Å². The Bertz CT molecular complexity index is 627. The fourth-order valence-corrected chi connectivity index (χ4v) is 2.90. The Kier molecular flexibility index (Phi) is 6.61. The molecule has 0 bridgehead atoms. The third kappa shape index (κ3) is 5.23. The summed E-state index contributed by atoms with van der Waals surface area (Å²) in [6, 6.07) is 4.80. The number of esters is 1. The lowest BCUT2D eigenvalue weighted by Crippen LogP contribution is -2.36. The summed E-state index contributed by atoms with van der Waals surface area (Å²) in [5.74, 6) is -1.39. The van der Waals surface area contributed by atoms with E-state index in [1.54, 1.807) is 12.1 Å². The number of methoxy groups -OCH3 is 1. The van der Waals surface area contributed by atoms with E-state index in [0.717, 1.165) is 25.7 Å². The zero-order valence-corrected chi connectivity index (χ0v) is 14.3. The number of hydrogen-bond donors (Lipinski definition) is 2. The maximum atomic E-state index is 12.4. The molecule has 1 aliphatic carbocycles. The van der Waals surface area contributed by atoms with E-state index in [-0.39, 0.29) is 18.4 Å². The van der Waals surface area contributed by atoms with Crippen molar-refractivity contribution < 1.29 is 19.1 Å². The Morgan fingerprint density at radius 2 is 1.92 bits per heavy atom. The molecule has 1 aliphatic rings. The molecule has 7 heteroatoms. The molecule has 0 spiro atoms. The monoisotopic (exact) mass is 352 g/mol. The number of nitrogens with one attached hydrogen (secondary N) is 2. The molecule has 0 radical (unpaired) electrons. The topological polar surface area (TPSA) is 84.5 Å². The Hall–Kier alpha value is -2.08. The van der Waals surface area contributed by atoms with Crippen molar-refractivity contribution in [2.75, 3.05) is 12.4 Å². The molecular formula is C17H21ClN2O4. The van der Waals surface area contributed by atoms with E-state index in [4.69, 9.17) is 11.6 Å². The van der Waals surface area contributed by atoms with Gasteiger partial charge in [-0.1, -0.05) is 30.9 Å². The second kappa shape index (κ2) is 8.68. The number of halogens is 1. The van der Waals surface area contributed by atoms with E-state index in [1.165, 1.54) is 19.6 Å². The van der Waals surface area contributed by atoms with Gasteiger partial charge in [0.05, 0.1) is 17.7 Å². The van der Waals surface area contributed by atoms with Crippen LogP contribution >= 0.6 is 11.6 Å². The van der Waals surface area contributed by atoms with Gasteiger partial charge in [0.1, 0.15) is 6.42 Å².